The third-order valence-corrected chi connectivity index (χ3v) is 5.87. The van der Waals surface area contributed by atoms with Crippen molar-refractivity contribution in [1.82, 2.24) is 14.4 Å². The number of piperazine rings is 1. The van der Waals surface area contributed by atoms with Gasteiger partial charge in [-0.3, -0.25) is 14.2 Å². The highest BCUT2D eigenvalue weighted by Crippen LogP contribution is 2.26. The molecule has 1 aromatic carbocycles. The third kappa shape index (κ3) is 3.38. The summed E-state index contributed by atoms with van der Waals surface area (Å²) in [5, 5.41) is 0. The zero-order valence-corrected chi connectivity index (χ0v) is 15.6. The zero-order valence-electron chi connectivity index (χ0n) is 15.6. The van der Waals surface area contributed by atoms with Crippen LogP contribution < -0.4 is 5.76 Å². The molecule has 1 aromatic heterocycles. The number of carbonyl (C=O) groups excluding carboxylic acids is 2. The van der Waals surface area contributed by atoms with E-state index >= 15 is 0 Å². The average molecular weight is 371 g/mol. The number of amides is 2. The zero-order chi connectivity index (χ0) is 19.0. The molecule has 7 nitrogen and oxygen atoms in total. The lowest BCUT2D eigenvalue weighted by Crippen LogP contribution is -2.52. The maximum Gasteiger partial charge on any atom is 0.419 e. The summed E-state index contributed by atoms with van der Waals surface area (Å²) in [7, 11) is 1.62. The molecule has 144 valence electrons. The van der Waals surface area contributed by atoms with E-state index in [9.17, 15) is 14.4 Å². The van der Waals surface area contributed by atoms with Crippen LogP contribution in [-0.4, -0.2) is 52.4 Å². The predicted molar refractivity (Wildman–Crippen MR) is 101 cm³/mol. The molecule has 1 aliphatic carbocycles. The Morgan fingerprint density at radius 3 is 2.37 bits per heavy atom. The lowest BCUT2D eigenvalue weighted by atomic mass is 9.88. The number of fused-ring (bicyclic) bond motifs is 1. The van der Waals surface area contributed by atoms with Crippen molar-refractivity contribution in [3.63, 3.8) is 0 Å². The molecule has 0 N–H and O–H groups in total. The van der Waals surface area contributed by atoms with Crippen LogP contribution in [0, 0.1) is 5.92 Å². The first kappa shape index (κ1) is 17.8. The summed E-state index contributed by atoms with van der Waals surface area (Å²) < 4.78 is 6.51. The van der Waals surface area contributed by atoms with Crippen LogP contribution in [0.5, 0.6) is 0 Å². The van der Waals surface area contributed by atoms with Gasteiger partial charge >= 0.3 is 5.76 Å². The van der Waals surface area contributed by atoms with Crippen molar-refractivity contribution >= 4 is 22.9 Å². The molecule has 2 aliphatic rings. The number of benzene rings is 1. The Kier molecular flexibility index (Phi) is 4.76. The Morgan fingerprint density at radius 1 is 1.00 bits per heavy atom. The van der Waals surface area contributed by atoms with Crippen molar-refractivity contribution in [2.45, 2.75) is 32.1 Å². The Hall–Kier alpha value is -2.57. The van der Waals surface area contributed by atoms with E-state index in [0.717, 1.165) is 25.7 Å². The van der Waals surface area contributed by atoms with Gasteiger partial charge in [0.1, 0.15) is 0 Å². The number of aromatic nitrogens is 1. The average Bonchev–Trinajstić information content (AvgIpc) is 3.01. The van der Waals surface area contributed by atoms with Crippen LogP contribution in [0.4, 0.5) is 0 Å². The topological polar surface area (TPSA) is 75.8 Å². The molecule has 0 atom stereocenters. The van der Waals surface area contributed by atoms with Crippen molar-refractivity contribution in [3.05, 3.63) is 34.3 Å². The van der Waals surface area contributed by atoms with Crippen molar-refractivity contribution in [2.75, 3.05) is 26.2 Å². The quantitative estimate of drug-likeness (QED) is 0.809. The first-order valence-corrected chi connectivity index (χ1v) is 9.72. The second-order valence-electron chi connectivity index (χ2n) is 7.56. The van der Waals surface area contributed by atoms with Gasteiger partial charge in [0.25, 0.3) is 5.91 Å². The first-order chi connectivity index (χ1) is 13.0. The number of nitrogens with zero attached hydrogens (tertiary/aromatic N) is 3. The van der Waals surface area contributed by atoms with Crippen LogP contribution in [0.1, 0.15) is 42.5 Å². The molecule has 0 spiro atoms. The standard InChI is InChI=1S/C20H25N3O4/c1-21-16-13-15(7-8-17(16)27-20(21)26)19(25)23-11-9-22(10-12-23)18(24)14-5-3-2-4-6-14/h7-8,13-14H,2-6,9-12H2,1H3. The summed E-state index contributed by atoms with van der Waals surface area (Å²) >= 11 is 0. The highest BCUT2D eigenvalue weighted by molar-refractivity contribution is 5.97. The molecule has 2 aromatic rings. The molecule has 0 radical (unpaired) electrons. The number of carbonyl (C=O) groups is 2. The van der Waals surface area contributed by atoms with Gasteiger partial charge in [0, 0.05) is 44.7 Å². The van der Waals surface area contributed by atoms with Crippen LogP contribution >= 0.6 is 0 Å². The van der Waals surface area contributed by atoms with E-state index in [1.165, 1.54) is 11.0 Å². The molecule has 27 heavy (non-hydrogen) atoms. The van der Waals surface area contributed by atoms with E-state index in [2.05, 4.69) is 0 Å². The van der Waals surface area contributed by atoms with Gasteiger partial charge in [-0.25, -0.2) is 4.79 Å². The largest absolute Gasteiger partial charge is 0.419 e. The summed E-state index contributed by atoms with van der Waals surface area (Å²) in [6, 6.07) is 5.04. The van der Waals surface area contributed by atoms with Crippen LogP contribution in [0.25, 0.3) is 11.1 Å². The normalized spacial score (nSPS) is 18.9. The van der Waals surface area contributed by atoms with E-state index in [4.69, 9.17) is 4.42 Å². The van der Waals surface area contributed by atoms with Gasteiger partial charge in [0.05, 0.1) is 5.52 Å². The molecule has 0 unspecified atom stereocenters. The van der Waals surface area contributed by atoms with Crippen LogP contribution in [0.15, 0.2) is 27.4 Å². The number of aryl methyl sites for hydroxylation is 1. The summed E-state index contributed by atoms with van der Waals surface area (Å²) in [6.07, 6.45) is 5.53. The Labute approximate surface area is 157 Å². The van der Waals surface area contributed by atoms with Crippen LogP contribution in [0.3, 0.4) is 0 Å². The van der Waals surface area contributed by atoms with Gasteiger partial charge in [-0.1, -0.05) is 19.3 Å². The van der Waals surface area contributed by atoms with Gasteiger partial charge in [-0.05, 0) is 31.0 Å². The highest BCUT2D eigenvalue weighted by atomic mass is 16.4. The summed E-state index contributed by atoms with van der Waals surface area (Å²) in [5.74, 6) is -0.0813. The SMILES string of the molecule is Cn1c(=O)oc2ccc(C(=O)N3CCN(C(=O)C4CCCCC4)CC3)cc21. The predicted octanol–water partition coefficient (Wildman–Crippen LogP) is 2.00. The van der Waals surface area contributed by atoms with Gasteiger partial charge in [-0.2, -0.15) is 0 Å². The molecule has 2 amide bonds. The first-order valence-electron chi connectivity index (χ1n) is 9.72. The van der Waals surface area contributed by atoms with Gasteiger partial charge < -0.3 is 14.2 Å². The van der Waals surface area contributed by atoms with Crippen molar-refractivity contribution < 1.29 is 14.0 Å². The van der Waals surface area contributed by atoms with Gasteiger partial charge in [0.15, 0.2) is 5.58 Å². The van der Waals surface area contributed by atoms with Gasteiger partial charge in [0.2, 0.25) is 5.91 Å². The fourth-order valence-corrected chi connectivity index (χ4v) is 4.18. The minimum absolute atomic E-state index is 0.0738. The smallest absolute Gasteiger partial charge is 0.408 e. The third-order valence-electron chi connectivity index (χ3n) is 5.87. The molecule has 1 saturated carbocycles. The second-order valence-corrected chi connectivity index (χ2v) is 7.56. The van der Waals surface area contributed by atoms with Gasteiger partial charge in [-0.15, -0.1) is 0 Å². The molecule has 0 bridgehead atoms. The molecule has 2 fully saturated rings. The molecular formula is C20H25N3O4. The van der Waals surface area contributed by atoms with E-state index in [1.54, 1.807) is 30.1 Å². The number of rotatable bonds is 2. The minimum atomic E-state index is -0.440. The Balaban J connectivity index is 1.42. The van der Waals surface area contributed by atoms with Crippen LogP contribution in [0.2, 0.25) is 0 Å². The maximum absolute atomic E-state index is 12.8. The fraction of sp³-hybridized carbons (Fsp3) is 0.550. The van der Waals surface area contributed by atoms with E-state index in [1.807, 2.05) is 4.90 Å². The summed E-state index contributed by atoms with van der Waals surface area (Å²) in [4.78, 5) is 40.8. The molecular weight excluding hydrogens is 346 g/mol. The molecule has 4 rings (SSSR count). The molecule has 7 heteroatoms. The highest BCUT2D eigenvalue weighted by Gasteiger charge is 2.30. The Morgan fingerprint density at radius 2 is 1.67 bits per heavy atom. The number of hydrogen-bond acceptors (Lipinski definition) is 4. The van der Waals surface area contributed by atoms with E-state index in [0.29, 0.717) is 42.8 Å². The van der Waals surface area contributed by atoms with E-state index < -0.39 is 5.76 Å². The van der Waals surface area contributed by atoms with E-state index in [-0.39, 0.29) is 17.7 Å². The fourth-order valence-electron chi connectivity index (χ4n) is 4.18. The maximum atomic E-state index is 12.8. The van der Waals surface area contributed by atoms with Crippen molar-refractivity contribution in [1.29, 1.82) is 0 Å². The second kappa shape index (κ2) is 7.21. The molecule has 1 saturated heterocycles. The lowest BCUT2D eigenvalue weighted by Gasteiger charge is -2.37. The summed E-state index contributed by atoms with van der Waals surface area (Å²) in [6.45, 7) is 2.26. The summed E-state index contributed by atoms with van der Waals surface area (Å²) in [5.41, 5.74) is 1.62. The lowest BCUT2D eigenvalue weighted by molar-refractivity contribution is -0.138. The van der Waals surface area contributed by atoms with Crippen molar-refractivity contribution in [2.24, 2.45) is 13.0 Å². The van der Waals surface area contributed by atoms with Crippen molar-refractivity contribution in [3.8, 4) is 0 Å². The number of oxazole rings is 1. The molecule has 1 aliphatic heterocycles. The molecule has 2 heterocycles. The van der Waals surface area contributed by atoms with Crippen LogP contribution in [-0.2, 0) is 11.8 Å². The minimum Gasteiger partial charge on any atom is -0.408 e. The monoisotopic (exact) mass is 371 g/mol. The Bertz CT molecular complexity index is 915. The number of hydrogen-bond donors (Lipinski definition) is 0.